The summed E-state index contributed by atoms with van der Waals surface area (Å²) in [6.07, 6.45) is 2.09. The van der Waals surface area contributed by atoms with Gasteiger partial charge in [0.05, 0.1) is 29.5 Å². The van der Waals surface area contributed by atoms with E-state index in [1.807, 2.05) is 11.4 Å². The standard InChI is InChI=1S/C22H22FN3O3S2/c23-20-4-2-1-3-19(20)21-15-30-22(26(21)17-7-8-17)24-16-5-9-18(10-6-16)31(27,28)25-11-13-29-14-12-25/h1-6,9-10,15,17H,7-8,11-14H2. The molecule has 1 aromatic heterocycles. The summed E-state index contributed by atoms with van der Waals surface area (Å²) in [6.45, 7) is 1.56. The van der Waals surface area contributed by atoms with E-state index < -0.39 is 10.0 Å². The van der Waals surface area contributed by atoms with Crippen molar-refractivity contribution in [2.45, 2.75) is 23.8 Å². The molecule has 162 valence electrons. The minimum atomic E-state index is -3.53. The molecule has 2 aliphatic rings. The topological polar surface area (TPSA) is 63.9 Å². The molecule has 5 rings (SSSR count). The number of hydrogen-bond acceptors (Lipinski definition) is 5. The summed E-state index contributed by atoms with van der Waals surface area (Å²) in [4.78, 5) is 5.78. The first-order valence-corrected chi connectivity index (χ1v) is 12.5. The lowest BCUT2D eigenvalue weighted by Crippen LogP contribution is -2.40. The number of halogens is 1. The van der Waals surface area contributed by atoms with Crippen molar-refractivity contribution in [3.63, 3.8) is 0 Å². The van der Waals surface area contributed by atoms with Gasteiger partial charge in [-0.25, -0.2) is 17.8 Å². The first-order valence-electron chi connectivity index (χ1n) is 10.2. The normalized spacial score (nSPS) is 18.4. The monoisotopic (exact) mass is 459 g/mol. The van der Waals surface area contributed by atoms with Crippen LogP contribution in [-0.4, -0.2) is 43.6 Å². The van der Waals surface area contributed by atoms with Crippen LogP contribution in [0, 0.1) is 5.82 Å². The second-order valence-corrected chi connectivity index (χ2v) is 10.4. The van der Waals surface area contributed by atoms with Gasteiger partial charge in [-0.3, -0.25) is 0 Å². The maximum atomic E-state index is 14.4. The molecule has 0 radical (unpaired) electrons. The number of sulfonamides is 1. The molecule has 0 atom stereocenters. The molecule has 0 bridgehead atoms. The highest BCUT2D eigenvalue weighted by Crippen LogP contribution is 2.38. The average Bonchev–Trinajstić information content (AvgIpc) is 3.55. The molecule has 1 saturated carbocycles. The van der Waals surface area contributed by atoms with Gasteiger partial charge < -0.3 is 9.30 Å². The third kappa shape index (κ3) is 4.10. The minimum Gasteiger partial charge on any atom is -0.379 e. The summed E-state index contributed by atoms with van der Waals surface area (Å²) < 4.78 is 48.8. The molecule has 2 aromatic carbocycles. The molecule has 0 spiro atoms. The number of thiazole rings is 1. The van der Waals surface area contributed by atoms with E-state index >= 15 is 0 Å². The molecule has 3 aromatic rings. The number of ether oxygens (including phenoxy) is 1. The highest BCUT2D eigenvalue weighted by Gasteiger charge is 2.28. The molecule has 9 heteroatoms. The van der Waals surface area contributed by atoms with E-state index in [1.165, 1.54) is 21.7 Å². The summed E-state index contributed by atoms with van der Waals surface area (Å²) in [5, 5.41) is 1.94. The maximum Gasteiger partial charge on any atom is 0.243 e. The van der Waals surface area contributed by atoms with Crippen molar-refractivity contribution in [1.82, 2.24) is 8.87 Å². The lowest BCUT2D eigenvalue weighted by molar-refractivity contribution is 0.0730. The fourth-order valence-electron chi connectivity index (χ4n) is 3.69. The van der Waals surface area contributed by atoms with Crippen molar-refractivity contribution in [3.8, 4) is 11.3 Å². The van der Waals surface area contributed by atoms with Gasteiger partial charge in [-0.15, -0.1) is 11.3 Å². The third-order valence-corrected chi connectivity index (χ3v) is 8.23. The van der Waals surface area contributed by atoms with Crippen molar-refractivity contribution in [3.05, 3.63) is 64.5 Å². The summed E-state index contributed by atoms with van der Waals surface area (Å²) in [6, 6.07) is 13.7. The number of hydrogen-bond donors (Lipinski definition) is 0. The van der Waals surface area contributed by atoms with E-state index in [4.69, 9.17) is 9.73 Å². The Morgan fingerprint density at radius 1 is 1.03 bits per heavy atom. The van der Waals surface area contributed by atoms with Crippen LogP contribution in [0.3, 0.4) is 0 Å². The Bertz CT molecular complexity index is 1260. The van der Waals surface area contributed by atoms with Crippen molar-refractivity contribution >= 4 is 27.0 Å². The molecule has 6 nitrogen and oxygen atoms in total. The molecule has 1 aliphatic carbocycles. The van der Waals surface area contributed by atoms with E-state index in [-0.39, 0.29) is 10.7 Å². The van der Waals surface area contributed by atoms with E-state index in [2.05, 4.69) is 4.57 Å². The van der Waals surface area contributed by atoms with Crippen molar-refractivity contribution < 1.29 is 17.5 Å². The molecule has 31 heavy (non-hydrogen) atoms. The Kier molecular flexibility index (Phi) is 5.51. The van der Waals surface area contributed by atoms with Crippen LogP contribution in [0.25, 0.3) is 11.3 Å². The van der Waals surface area contributed by atoms with Crippen LogP contribution in [0.1, 0.15) is 18.9 Å². The van der Waals surface area contributed by atoms with Gasteiger partial charge >= 0.3 is 0 Å². The molecule has 0 amide bonds. The fourth-order valence-corrected chi connectivity index (χ4v) is 6.08. The van der Waals surface area contributed by atoms with Gasteiger partial charge in [0.25, 0.3) is 0 Å². The predicted molar refractivity (Wildman–Crippen MR) is 117 cm³/mol. The van der Waals surface area contributed by atoms with Gasteiger partial charge in [0.1, 0.15) is 5.82 Å². The third-order valence-electron chi connectivity index (χ3n) is 5.47. The largest absolute Gasteiger partial charge is 0.379 e. The Balaban J connectivity index is 1.48. The Hall–Kier alpha value is -2.33. The summed E-state index contributed by atoms with van der Waals surface area (Å²) in [5.74, 6) is -0.251. The number of aromatic nitrogens is 1. The minimum absolute atomic E-state index is 0.251. The molecule has 1 aliphatic heterocycles. The van der Waals surface area contributed by atoms with Crippen molar-refractivity contribution in [2.24, 2.45) is 4.99 Å². The van der Waals surface area contributed by atoms with Crippen LogP contribution >= 0.6 is 11.3 Å². The molecule has 2 fully saturated rings. The number of morpholine rings is 1. The zero-order chi connectivity index (χ0) is 21.4. The van der Waals surface area contributed by atoms with E-state index in [0.717, 1.165) is 23.3 Å². The van der Waals surface area contributed by atoms with Gasteiger partial charge in [-0.2, -0.15) is 4.31 Å². The first-order chi connectivity index (χ1) is 15.0. The SMILES string of the molecule is O=S(=O)(c1ccc(N=c2scc(-c3ccccc3F)n2C2CC2)cc1)N1CCOCC1. The van der Waals surface area contributed by atoms with Crippen LogP contribution in [-0.2, 0) is 14.8 Å². The predicted octanol–water partition coefficient (Wildman–Crippen LogP) is 3.94. The van der Waals surface area contributed by atoms with E-state index in [9.17, 15) is 12.8 Å². The average molecular weight is 460 g/mol. The summed E-state index contributed by atoms with van der Waals surface area (Å²) >= 11 is 1.46. The highest BCUT2D eigenvalue weighted by atomic mass is 32.2. The molecule has 0 unspecified atom stereocenters. The smallest absolute Gasteiger partial charge is 0.243 e. The van der Waals surface area contributed by atoms with Gasteiger partial charge in [-0.05, 0) is 49.2 Å². The number of benzene rings is 2. The van der Waals surface area contributed by atoms with Crippen LogP contribution in [0.5, 0.6) is 0 Å². The fraction of sp³-hybridized carbons (Fsp3) is 0.318. The van der Waals surface area contributed by atoms with Crippen LogP contribution in [0.15, 0.2) is 63.8 Å². The molecule has 2 heterocycles. The molecule has 1 saturated heterocycles. The Morgan fingerprint density at radius 3 is 2.42 bits per heavy atom. The number of nitrogens with zero attached hydrogens (tertiary/aromatic N) is 3. The van der Waals surface area contributed by atoms with Gasteiger partial charge in [0.2, 0.25) is 10.0 Å². The van der Waals surface area contributed by atoms with Crippen LogP contribution in [0.4, 0.5) is 10.1 Å². The summed E-state index contributed by atoms with van der Waals surface area (Å²) in [7, 11) is -3.53. The van der Waals surface area contributed by atoms with Crippen molar-refractivity contribution in [1.29, 1.82) is 0 Å². The number of rotatable bonds is 5. The van der Waals surface area contributed by atoms with Gasteiger partial charge in [0, 0.05) is 30.1 Å². The Morgan fingerprint density at radius 2 is 1.74 bits per heavy atom. The second-order valence-electron chi connectivity index (χ2n) is 7.61. The van der Waals surface area contributed by atoms with Crippen LogP contribution in [0.2, 0.25) is 0 Å². The lowest BCUT2D eigenvalue weighted by Gasteiger charge is -2.26. The summed E-state index contributed by atoms with van der Waals surface area (Å²) in [5.41, 5.74) is 2.06. The highest BCUT2D eigenvalue weighted by molar-refractivity contribution is 7.89. The van der Waals surface area contributed by atoms with E-state index in [0.29, 0.717) is 43.6 Å². The zero-order valence-corrected chi connectivity index (χ0v) is 18.4. The maximum absolute atomic E-state index is 14.4. The molecular formula is C22H22FN3O3S2. The van der Waals surface area contributed by atoms with Crippen LogP contribution < -0.4 is 4.80 Å². The molecule has 0 N–H and O–H groups in total. The molecular weight excluding hydrogens is 437 g/mol. The lowest BCUT2D eigenvalue weighted by atomic mass is 10.1. The zero-order valence-electron chi connectivity index (χ0n) is 16.8. The van der Waals surface area contributed by atoms with E-state index in [1.54, 1.807) is 36.4 Å². The van der Waals surface area contributed by atoms with Crippen molar-refractivity contribution in [2.75, 3.05) is 26.3 Å². The first kappa shape index (κ1) is 20.6. The Labute approximate surface area is 184 Å². The van der Waals surface area contributed by atoms with Gasteiger partial charge in [-0.1, -0.05) is 12.1 Å². The quantitative estimate of drug-likeness (QED) is 0.581. The van der Waals surface area contributed by atoms with Gasteiger partial charge in [0.15, 0.2) is 4.80 Å². The second kappa shape index (κ2) is 8.31.